The normalized spacial score (nSPS) is 18.2. The Morgan fingerprint density at radius 1 is 1.42 bits per heavy atom. The summed E-state index contributed by atoms with van der Waals surface area (Å²) in [6.07, 6.45) is 6.01. The summed E-state index contributed by atoms with van der Waals surface area (Å²) in [6.45, 7) is 3.63. The number of aromatic nitrogens is 2. The van der Waals surface area contributed by atoms with E-state index in [1.165, 1.54) is 0 Å². The summed E-state index contributed by atoms with van der Waals surface area (Å²) < 4.78 is 5.61. The third-order valence-electron chi connectivity index (χ3n) is 4.89. The molecule has 5 nitrogen and oxygen atoms in total. The number of aryl methyl sites for hydroxylation is 1. The number of aromatic amines is 1. The van der Waals surface area contributed by atoms with E-state index < -0.39 is 0 Å². The highest BCUT2D eigenvalue weighted by molar-refractivity contribution is 5.88. The average molecular weight is 323 g/mol. The summed E-state index contributed by atoms with van der Waals surface area (Å²) in [5, 5.41) is 8.10. The Morgan fingerprint density at radius 2 is 2.33 bits per heavy atom. The van der Waals surface area contributed by atoms with Gasteiger partial charge in [0.05, 0.1) is 12.7 Å². The highest BCUT2D eigenvalue weighted by Crippen LogP contribution is 2.27. The van der Waals surface area contributed by atoms with Crippen LogP contribution in [0.25, 0.3) is 11.0 Å². The molecule has 0 saturated carbocycles. The Labute approximate surface area is 140 Å². The molecule has 1 aliphatic rings. The molecule has 1 amide bonds. The van der Waals surface area contributed by atoms with Crippen LogP contribution in [0.1, 0.15) is 35.6 Å². The van der Waals surface area contributed by atoms with Crippen LogP contribution < -0.4 is 0 Å². The summed E-state index contributed by atoms with van der Waals surface area (Å²) in [5.74, 6) is 0.524. The first kappa shape index (κ1) is 15.0. The Hall–Kier alpha value is -2.56. The van der Waals surface area contributed by atoms with Crippen LogP contribution >= 0.6 is 0 Å². The second-order valence-corrected chi connectivity index (χ2v) is 6.63. The van der Waals surface area contributed by atoms with Gasteiger partial charge in [-0.2, -0.15) is 5.10 Å². The maximum Gasteiger partial charge on any atom is 0.227 e. The van der Waals surface area contributed by atoms with Gasteiger partial charge >= 0.3 is 0 Å². The number of hydrogen-bond acceptors (Lipinski definition) is 3. The largest absolute Gasteiger partial charge is 0.464 e. The Kier molecular flexibility index (Phi) is 3.84. The van der Waals surface area contributed by atoms with E-state index in [4.69, 9.17) is 4.42 Å². The summed E-state index contributed by atoms with van der Waals surface area (Å²) in [6, 6.07) is 8.12. The first-order chi connectivity index (χ1) is 11.7. The number of hydrogen-bond donors (Lipinski definition) is 1. The lowest BCUT2D eigenvalue weighted by Crippen LogP contribution is -2.40. The Bertz CT molecular complexity index is 851. The van der Waals surface area contributed by atoms with Crippen molar-refractivity contribution in [3.8, 4) is 0 Å². The number of amides is 1. The second-order valence-electron chi connectivity index (χ2n) is 6.63. The number of furan rings is 1. The van der Waals surface area contributed by atoms with E-state index in [1.807, 2.05) is 30.0 Å². The first-order valence-corrected chi connectivity index (χ1v) is 8.44. The minimum Gasteiger partial charge on any atom is -0.464 e. The predicted molar refractivity (Wildman–Crippen MR) is 91.8 cm³/mol. The standard InChI is InChI=1S/C19H21N3O2/c1-13-4-5-16-15(12-24-18(16)9-13)10-19(23)22-8-2-3-14(11-22)17-6-7-20-21-17/h4-7,9,12,14H,2-3,8,10-11H2,1H3,(H,20,21)/t14-/m0/s1. The number of carbonyl (C=O) groups is 1. The molecule has 24 heavy (non-hydrogen) atoms. The molecule has 4 rings (SSSR count). The van der Waals surface area contributed by atoms with Gasteiger partial charge in [0.25, 0.3) is 0 Å². The maximum atomic E-state index is 12.7. The van der Waals surface area contributed by atoms with Gasteiger partial charge in [-0.25, -0.2) is 0 Å². The van der Waals surface area contributed by atoms with E-state index in [0.29, 0.717) is 12.3 Å². The van der Waals surface area contributed by atoms with Gasteiger partial charge in [-0.1, -0.05) is 12.1 Å². The third kappa shape index (κ3) is 2.82. The number of rotatable bonds is 3. The lowest BCUT2D eigenvalue weighted by molar-refractivity contribution is -0.131. The van der Waals surface area contributed by atoms with Gasteiger partial charge in [0.15, 0.2) is 0 Å². The van der Waals surface area contributed by atoms with E-state index in [1.54, 1.807) is 12.5 Å². The number of nitrogens with one attached hydrogen (secondary N) is 1. The molecule has 0 unspecified atom stereocenters. The number of benzene rings is 1. The van der Waals surface area contributed by atoms with Gasteiger partial charge in [-0.05, 0) is 37.5 Å². The lowest BCUT2D eigenvalue weighted by atomic mass is 9.94. The molecule has 2 aromatic heterocycles. The van der Waals surface area contributed by atoms with Gasteiger partial charge in [0, 0.05) is 41.8 Å². The molecule has 1 atom stereocenters. The minimum atomic E-state index is 0.169. The summed E-state index contributed by atoms with van der Waals surface area (Å²) in [7, 11) is 0. The molecule has 0 radical (unpaired) electrons. The van der Waals surface area contributed by atoms with Crippen molar-refractivity contribution in [1.82, 2.24) is 15.1 Å². The quantitative estimate of drug-likeness (QED) is 0.803. The molecule has 1 saturated heterocycles. The topological polar surface area (TPSA) is 62.1 Å². The summed E-state index contributed by atoms with van der Waals surface area (Å²) >= 11 is 0. The molecule has 0 spiro atoms. The van der Waals surface area contributed by atoms with Crippen molar-refractivity contribution in [2.45, 2.75) is 32.1 Å². The number of H-pyrrole nitrogens is 1. The van der Waals surface area contributed by atoms with Crippen LogP contribution in [0.3, 0.4) is 0 Å². The molecule has 124 valence electrons. The maximum absolute atomic E-state index is 12.7. The lowest BCUT2D eigenvalue weighted by Gasteiger charge is -2.32. The number of nitrogens with zero attached hydrogens (tertiary/aromatic N) is 2. The molecule has 1 aliphatic heterocycles. The molecule has 1 fully saturated rings. The van der Waals surface area contributed by atoms with E-state index in [9.17, 15) is 4.79 Å². The Morgan fingerprint density at radius 3 is 3.17 bits per heavy atom. The minimum absolute atomic E-state index is 0.169. The van der Waals surface area contributed by atoms with Gasteiger partial charge in [-0.3, -0.25) is 9.89 Å². The highest BCUT2D eigenvalue weighted by Gasteiger charge is 2.26. The van der Waals surface area contributed by atoms with Gasteiger partial charge in [-0.15, -0.1) is 0 Å². The van der Waals surface area contributed by atoms with Crippen LogP contribution in [-0.4, -0.2) is 34.1 Å². The average Bonchev–Trinajstić information content (AvgIpc) is 3.25. The number of carbonyl (C=O) groups excluding carboxylic acids is 1. The fraction of sp³-hybridized carbons (Fsp3) is 0.368. The van der Waals surface area contributed by atoms with E-state index in [0.717, 1.165) is 53.7 Å². The monoisotopic (exact) mass is 323 g/mol. The fourth-order valence-electron chi connectivity index (χ4n) is 3.55. The second kappa shape index (κ2) is 6.15. The summed E-state index contributed by atoms with van der Waals surface area (Å²) in [5.41, 5.74) is 4.11. The van der Waals surface area contributed by atoms with Crippen molar-refractivity contribution in [1.29, 1.82) is 0 Å². The molecule has 1 aromatic carbocycles. The molecule has 0 aliphatic carbocycles. The van der Waals surface area contributed by atoms with Gasteiger partial charge < -0.3 is 9.32 Å². The van der Waals surface area contributed by atoms with Crippen molar-refractivity contribution < 1.29 is 9.21 Å². The molecule has 1 N–H and O–H groups in total. The zero-order valence-corrected chi connectivity index (χ0v) is 13.8. The van der Waals surface area contributed by atoms with Gasteiger partial charge in [0.1, 0.15) is 5.58 Å². The van der Waals surface area contributed by atoms with Crippen LogP contribution in [0.2, 0.25) is 0 Å². The first-order valence-electron chi connectivity index (χ1n) is 8.44. The van der Waals surface area contributed by atoms with E-state index in [-0.39, 0.29) is 5.91 Å². The van der Waals surface area contributed by atoms with Crippen LogP contribution in [0.15, 0.2) is 41.1 Å². The van der Waals surface area contributed by atoms with Crippen molar-refractivity contribution in [3.63, 3.8) is 0 Å². The molecule has 3 aromatic rings. The van der Waals surface area contributed by atoms with Crippen molar-refractivity contribution in [3.05, 3.63) is 53.5 Å². The molecule has 3 heterocycles. The fourth-order valence-corrected chi connectivity index (χ4v) is 3.55. The third-order valence-corrected chi connectivity index (χ3v) is 4.89. The SMILES string of the molecule is Cc1ccc2c(CC(=O)N3CCC[C@H](c4ccn[nH]4)C3)coc2c1. The van der Waals surface area contributed by atoms with E-state index >= 15 is 0 Å². The van der Waals surface area contributed by atoms with Crippen molar-refractivity contribution in [2.75, 3.05) is 13.1 Å². The number of fused-ring (bicyclic) bond motifs is 1. The van der Waals surface area contributed by atoms with Gasteiger partial charge in [0.2, 0.25) is 5.91 Å². The highest BCUT2D eigenvalue weighted by atomic mass is 16.3. The molecule has 5 heteroatoms. The molecular formula is C19H21N3O2. The van der Waals surface area contributed by atoms with Crippen LogP contribution in [-0.2, 0) is 11.2 Å². The predicted octanol–water partition coefficient (Wildman–Crippen LogP) is 3.41. The van der Waals surface area contributed by atoms with Crippen molar-refractivity contribution >= 4 is 16.9 Å². The zero-order valence-electron chi connectivity index (χ0n) is 13.8. The Balaban J connectivity index is 1.49. The van der Waals surface area contributed by atoms with Crippen molar-refractivity contribution in [2.24, 2.45) is 0 Å². The molecule has 0 bridgehead atoms. The van der Waals surface area contributed by atoms with E-state index in [2.05, 4.69) is 16.3 Å². The van der Waals surface area contributed by atoms with Crippen LogP contribution in [0.5, 0.6) is 0 Å². The number of likely N-dealkylation sites (tertiary alicyclic amines) is 1. The zero-order chi connectivity index (χ0) is 16.5. The van der Waals surface area contributed by atoms with Crippen LogP contribution in [0.4, 0.5) is 0 Å². The molecular weight excluding hydrogens is 302 g/mol. The smallest absolute Gasteiger partial charge is 0.227 e. The van der Waals surface area contributed by atoms with Crippen LogP contribution in [0, 0.1) is 6.92 Å². The number of piperidine rings is 1. The summed E-state index contributed by atoms with van der Waals surface area (Å²) in [4.78, 5) is 14.7.